The highest BCUT2D eigenvalue weighted by atomic mass is 16.2. The van der Waals surface area contributed by atoms with E-state index in [9.17, 15) is 4.79 Å². The molecule has 0 bridgehead atoms. The number of aryl methyl sites for hydroxylation is 2. The summed E-state index contributed by atoms with van der Waals surface area (Å²) in [5.74, 6) is 0.0832. The van der Waals surface area contributed by atoms with Gasteiger partial charge in [-0.2, -0.15) is 5.10 Å². The first-order chi connectivity index (χ1) is 16.1. The molecule has 5 heteroatoms. The molecule has 0 fully saturated rings. The number of hydrogen-bond donors (Lipinski definition) is 0. The molecule has 174 valence electrons. The van der Waals surface area contributed by atoms with Crippen LogP contribution in [0.2, 0.25) is 0 Å². The summed E-state index contributed by atoms with van der Waals surface area (Å²) in [6, 6.07) is 19.3. The molecule has 2 aromatic carbocycles. The SMILES string of the molecule is Cc1nn(C)cc1C(=O)N1CCCCCCCCN(Cc2ccccc2)c2ccccc2C1. The average Bonchev–Trinajstić information content (AvgIpc) is 3.17. The van der Waals surface area contributed by atoms with Crippen LogP contribution in [0.3, 0.4) is 0 Å². The van der Waals surface area contributed by atoms with Crippen molar-refractivity contribution in [3.63, 3.8) is 0 Å². The summed E-state index contributed by atoms with van der Waals surface area (Å²) in [5, 5.41) is 4.41. The van der Waals surface area contributed by atoms with Crippen LogP contribution in [0.25, 0.3) is 0 Å². The van der Waals surface area contributed by atoms with Gasteiger partial charge in [-0.25, -0.2) is 0 Å². The number of anilines is 1. The topological polar surface area (TPSA) is 41.4 Å². The number of amides is 1. The van der Waals surface area contributed by atoms with Crippen LogP contribution >= 0.6 is 0 Å². The summed E-state index contributed by atoms with van der Waals surface area (Å²) < 4.78 is 1.73. The largest absolute Gasteiger partial charge is 0.367 e. The van der Waals surface area contributed by atoms with Crippen LogP contribution in [0, 0.1) is 6.92 Å². The molecule has 5 nitrogen and oxygen atoms in total. The number of hydrogen-bond acceptors (Lipinski definition) is 3. The predicted molar refractivity (Wildman–Crippen MR) is 134 cm³/mol. The van der Waals surface area contributed by atoms with E-state index in [-0.39, 0.29) is 5.91 Å². The molecule has 1 aromatic heterocycles. The molecule has 1 aliphatic rings. The highest BCUT2D eigenvalue weighted by Gasteiger charge is 2.22. The molecule has 0 saturated heterocycles. The van der Waals surface area contributed by atoms with E-state index in [2.05, 4.69) is 64.6 Å². The summed E-state index contributed by atoms with van der Waals surface area (Å²) in [5.41, 5.74) is 5.27. The maximum absolute atomic E-state index is 13.6. The van der Waals surface area contributed by atoms with Crippen LogP contribution in [0.1, 0.15) is 65.7 Å². The van der Waals surface area contributed by atoms with Gasteiger partial charge in [0.25, 0.3) is 5.91 Å². The lowest BCUT2D eigenvalue weighted by Gasteiger charge is -2.30. The highest BCUT2D eigenvalue weighted by Crippen LogP contribution is 2.26. The van der Waals surface area contributed by atoms with Crippen molar-refractivity contribution in [3.05, 3.63) is 83.2 Å². The number of fused-ring (bicyclic) bond motifs is 1. The zero-order valence-electron chi connectivity index (χ0n) is 20.0. The summed E-state index contributed by atoms with van der Waals surface area (Å²) in [6.07, 6.45) is 9.01. The third-order valence-electron chi connectivity index (χ3n) is 6.55. The third-order valence-corrected chi connectivity index (χ3v) is 6.55. The van der Waals surface area contributed by atoms with Gasteiger partial charge in [0.2, 0.25) is 0 Å². The van der Waals surface area contributed by atoms with E-state index in [1.807, 2.05) is 25.1 Å². The van der Waals surface area contributed by atoms with E-state index < -0.39 is 0 Å². The number of carbonyl (C=O) groups excluding carboxylic acids is 1. The monoisotopic (exact) mass is 444 g/mol. The Balaban J connectivity index is 1.65. The number of nitrogens with zero attached hydrogens (tertiary/aromatic N) is 4. The molecule has 0 N–H and O–H groups in total. The fourth-order valence-electron chi connectivity index (χ4n) is 4.79. The minimum Gasteiger partial charge on any atom is -0.367 e. The molecule has 3 aromatic rings. The van der Waals surface area contributed by atoms with Crippen molar-refractivity contribution >= 4 is 11.6 Å². The zero-order valence-corrected chi connectivity index (χ0v) is 20.0. The van der Waals surface area contributed by atoms with Crippen LogP contribution in [0.15, 0.2) is 60.8 Å². The molecule has 0 spiro atoms. The second-order valence-corrected chi connectivity index (χ2v) is 9.19. The normalized spacial score (nSPS) is 15.8. The lowest BCUT2D eigenvalue weighted by atomic mass is 10.1. The minimum atomic E-state index is 0.0832. The number of benzene rings is 2. The van der Waals surface area contributed by atoms with Gasteiger partial charge in [0.15, 0.2) is 0 Å². The Bertz CT molecular complexity index is 1040. The lowest BCUT2D eigenvalue weighted by Crippen LogP contribution is -2.33. The molecule has 0 aliphatic carbocycles. The summed E-state index contributed by atoms with van der Waals surface area (Å²) in [4.78, 5) is 18.1. The molecule has 1 aliphatic heterocycles. The van der Waals surface area contributed by atoms with Crippen molar-refractivity contribution in [3.8, 4) is 0 Å². The Kier molecular flexibility index (Phi) is 7.82. The molecule has 0 unspecified atom stereocenters. The maximum Gasteiger partial charge on any atom is 0.257 e. The Morgan fingerprint density at radius 3 is 2.27 bits per heavy atom. The van der Waals surface area contributed by atoms with Gasteiger partial charge in [-0.15, -0.1) is 0 Å². The number of carbonyl (C=O) groups is 1. The van der Waals surface area contributed by atoms with Crippen molar-refractivity contribution < 1.29 is 4.79 Å². The Labute approximate surface area is 198 Å². The maximum atomic E-state index is 13.6. The van der Waals surface area contributed by atoms with E-state index >= 15 is 0 Å². The molecule has 2 heterocycles. The summed E-state index contributed by atoms with van der Waals surface area (Å²) >= 11 is 0. The fourth-order valence-corrected chi connectivity index (χ4v) is 4.79. The summed E-state index contributed by atoms with van der Waals surface area (Å²) in [7, 11) is 1.88. The van der Waals surface area contributed by atoms with Crippen molar-refractivity contribution in [2.24, 2.45) is 7.05 Å². The third kappa shape index (κ3) is 6.04. The fraction of sp³-hybridized carbons (Fsp3) is 0.429. The summed E-state index contributed by atoms with van der Waals surface area (Å²) in [6.45, 7) is 5.23. The molecule has 4 rings (SSSR count). The van der Waals surface area contributed by atoms with Crippen LogP contribution < -0.4 is 4.90 Å². The van der Waals surface area contributed by atoms with Crippen LogP contribution in [-0.2, 0) is 20.1 Å². The van der Waals surface area contributed by atoms with Crippen LogP contribution in [-0.4, -0.2) is 33.7 Å². The van der Waals surface area contributed by atoms with Gasteiger partial charge >= 0.3 is 0 Å². The van der Waals surface area contributed by atoms with E-state index in [1.165, 1.54) is 48.9 Å². The smallest absolute Gasteiger partial charge is 0.257 e. The minimum absolute atomic E-state index is 0.0832. The standard InChI is InChI=1S/C28H36N4O/c1-23-26(22-30(2)29-23)28(33)32-19-13-6-4-3-5-12-18-31(20-24-14-8-7-9-15-24)27-17-11-10-16-25(27)21-32/h7-11,14-17,22H,3-6,12-13,18-21H2,1-2H3. The van der Waals surface area contributed by atoms with E-state index in [4.69, 9.17) is 0 Å². The molecular formula is C28H36N4O. The van der Waals surface area contributed by atoms with Gasteiger partial charge in [0.05, 0.1) is 11.3 Å². The van der Waals surface area contributed by atoms with E-state index in [0.717, 1.165) is 31.7 Å². The molecule has 0 radical (unpaired) electrons. The van der Waals surface area contributed by atoms with Gasteiger partial charge in [-0.1, -0.05) is 74.2 Å². The first kappa shape index (κ1) is 23.1. The van der Waals surface area contributed by atoms with Crippen molar-refractivity contribution in [2.75, 3.05) is 18.0 Å². The number of rotatable bonds is 3. The average molecular weight is 445 g/mol. The second kappa shape index (κ2) is 11.2. The Morgan fingerprint density at radius 2 is 1.55 bits per heavy atom. The van der Waals surface area contributed by atoms with E-state index in [0.29, 0.717) is 12.1 Å². The van der Waals surface area contributed by atoms with Gasteiger partial charge in [-0.05, 0) is 37.0 Å². The molecule has 0 atom stereocenters. The molecule has 33 heavy (non-hydrogen) atoms. The predicted octanol–water partition coefficient (Wildman–Crippen LogP) is 5.73. The highest BCUT2D eigenvalue weighted by molar-refractivity contribution is 5.95. The Morgan fingerprint density at radius 1 is 0.879 bits per heavy atom. The van der Waals surface area contributed by atoms with Gasteiger partial charge in [0.1, 0.15) is 0 Å². The van der Waals surface area contributed by atoms with Crippen LogP contribution in [0.4, 0.5) is 5.69 Å². The number of aromatic nitrogens is 2. The lowest BCUT2D eigenvalue weighted by molar-refractivity contribution is 0.0739. The second-order valence-electron chi connectivity index (χ2n) is 9.19. The first-order valence-corrected chi connectivity index (χ1v) is 12.3. The van der Waals surface area contributed by atoms with E-state index in [1.54, 1.807) is 4.68 Å². The van der Waals surface area contributed by atoms with Gasteiger partial charge in [-0.3, -0.25) is 9.48 Å². The van der Waals surface area contributed by atoms with Gasteiger partial charge in [0, 0.05) is 45.1 Å². The van der Waals surface area contributed by atoms with Gasteiger partial charge < -0.3 is 9.80 Å². The van der Waals surface area contributed by atoms with Crippen LogP contribution in [0.5, 0.6) is 0 Å². The Hall–Kier alpha value is -3.08. The molecular weight excluding hydrogens is 408 g/mol. The van der Waals surface area contributed by atoms with Crippen molar-refractivity contribution in [2.45, 2.75) is 58.5 Å². The molecule has 1 amide bonds. The quantitative estimate of drug-likeness (QED) is 0.518. The molecule has 0 saturated carbocycles. The van der Waals surface area contributed by atoms with Crippen molar-refractivity contribution in [1.82, 2.24) is 14.7 Å². The number of para-hydroxylation sites is 1. The first-order valence-electron chi connectivity index (χ1n) is 12.3. The zero-order chi connectivity index (χ0) is 23.0. The van der Waals surface area contributed by atoms with Crippen molar-refractivity contribution in [1.29, 1.82) is 0 Å².